The van der Waals surface area contributed by atoms with Crippen LogP contribution in [0.5, 0.6) is 0 Å². The lowest BCUT2D eigenvalue weighted by molar-refractivity contribution is 0.845. The molecule has 0 unspecified atom stereocenters. The zero-order valence-corrected chi connectivity index (χ0v) is 10.5. The second kappa shape index (κ2) is 6.01. The van der Waals surface area contributed by atoms with E-state index in [2.05, 4.69) is 21.5 Å². The molecule has 0 atom stereocenters. The van der Waals surface area contributed by atoms with Gasteiger partial charge in [-0.1, -0.05) is 6.92 Å². The fourth-order valence-corrected chi connectivity index (χ4v) is 1.54. The van der Waals surface area contributed by atoms with Crippen LogP contribution in [0.4, 0.5) is 11.6 Å². The highest BCUT2D eigenvalue weighted by Gasteiger charge is 2.12. The van der Waals surface area contributed by atoms with Gasteiger partial charge in [0.1, 0.15) is 17.5 Å². The Labute approximate surface area is 101 Å². The zero-order chi connectivity index (χ0) is 12.8. The average Bonchev–Trinajstić information content (AvgIpc) is 2.36. The first-order valence-electron chi connectivity index (χ1n) is 5.56. The van der Waals surface area contributed by atoms with Crippen molar-refractivity contribution in [2.24, 2.45) is 5.84 Å². The number of nitrogens with zero attached hydrogens (tertiary/aromatic N) is 4. The number of aryl methyl sites for hydroxylation is 1. The average molecular weight is 234 g/mol. The third kappa shape index (κ3) is 3.04. The number of nitriles is 1. The molecule has 0 saturated carbocycles. The molecule has 1 heterocycles. The van der Waals surface area contributed by atoms with Crippen LogP contribution >= 0.6 is 0 Å². The van der Waals surface area contributed by atoms with Crippen LogP contribution in [-0.2, 0) is 6.42 Å². The van der Waals surface area contributed by atoms with Gasteiger partial charge in [0, 0.05) is 25.6 Å². The van der Waals surface area contributed by atoms with Crippen molar-refractivity contribution in [2.75, 3.05) is 23.9 Å². The van der Waals surface area contributed by atoms with Crippen molar-refractivity contribution in [2.45, 2.75) is 26.7 Å². The molecule has 0 saturated heterocycles. The summed E-state index contributed by atoms with van der Waals surface area (Å²) in [4.78, 5) is 10.7. The van der Waals surface area contributed by atoms with Gasteiger partial charge in [-0.05, 0) is 6.92 Å². The van der Waals surface area contributed by atoms with Crippen LogP contribution in [-0.4, -0.2) is 23.6 Å². The Morgan fingerprint density at radius 1 is 1.47 bits per heavy atom. The molecule has 1 rings (SSSR count). The van der Waals surface area contributed by atoms with E-state index in [0.717, 1.165) is 23.6 Å². The second-order valence-electron chi connectivity index (χ2n) is 3.76. The number of aromatic nitrogens is 2. The van der Waals surface area contributed by atoms with Crippen LogP contribution in [0.1, 0.15) is 24.7 Å². The van der Waals surface area contributed by atoms with Gasteiger partial charge in [0.05, 0.1) is 12.5 Å². The molecule has 0 amide bonds. The number of anilines is 2. The zero-order valence-electron chi connectivity index (χ0n) is 10.5. The van der Waals surface area contributed by atoms with Crippen LogP contribution in [0.15, 0.2) is 0 Å². The number of hydrogen-bond donors (Lipinski definition) is 2. The number of nitrogens with one attached hydrogen (secondary N) is 1. The number of hydrazine groups is 1. The fourth-order valence-electron chi connectivity index (χ4n) is 1.54. The first kappa shape index (κ1) is 13.2. The molecule has 0 bridgehead atoms. The van der Waals surface area contributed by atoms with E-state index in [1.165, 1.54) is 0 Å². The predicted octanol–water partition coefficient (Wildman–Crippen LogP) is 0.983. The Hall–Kier alpha value is -1.87. The molecule has 0 spiro atoms. The number of rotatable bonds is 5. The number of hydrogen-bond acceptors (Lipinski definition) is 6. The summed E-state index contributed by atoms with van der Waals surface area (Å²) in [6.07, 6.45) is 1.21. The summed E-state index contributed by atoms with van der Waals surface area (Å²) in [5, 5.41) is 8.59. The maximum Gasteiger partial charge on any atom is 0.148 e. The van der Waals surface area contributed by atoms with Crippen LogP contribution in [0, 0.1) is 18.3 Å². The van der Waals surface area contributed by atoms with Gasteiger partial charge >= 0.3 is 0 Å². The smallest absolute Gasteiger partial charge is 0.148 e. The van der Waals surface area contributed by atoms with Crippen LogP contribution in [0.2, 0.25) is 0 Å². The van der Waals surface area contributed by atoms with E-state index >= 15 is 0 Å². The second-order valence-corrected chi connectivity index (χ2v) is 3.76. The molecule has 0 aliphatic heterocycles. The monoisotopic (exact) mass is 234 g/mol. The molecule has 92 valence electrons. The molecule has 0 aliphatic carbocycles. The molecular formula is C11H18N6. The third-order valence-electron chi connectivity index (χ3n) is 2.54. The SMILES string of the molecule is CCc1nc(NN)c(C)c(N(C)CCC#N)n1. The Kier molecular flexibility index (Phi) is 4.67. The van der Waals surface area contributed by atoms with Crippen LogP contribution < -0.4 is 16.2 Å². The maximum absolute atomic E-state index is 8.59. The van der Waals surface area contributed by atoms with E-state index in [1.54, 1.807) is 0 Å². The summed E-state index contributed by atoms with van der Waals surface area (Å²) >= 11 is 0. The summed E-state index contributed by atoms with van der Waals surface area (Å²) < 4.78 is 0. The standard InChI is InChI=1S/C11H18N6/c1-4-9-14-10(16-13)8(2)11(15-9)17(3)7-5-6-12/h4-5,7,13H2,1-3H3,(H,14,15,16). The lowest BCUT2D eigenvalue weighted by Gasteiger charge is -2.20. The summed E-state index contributed by atoms with van der Waals surface area (Å²) in [6.45, 7) is 4.54. The van der Waals surface area contributed by atoms with Crippen molar-refractivity contribution in [3.63, 3.8) is 0 Å². The van der Waals surface area contributed by atoms with Gasteiger partial charge in [0.25, 0.3) is 0 Å². The van der Waals surface area contributed by atoms with Gasteiger partial charge < -0.3 is 10.3 Å². The highest BCUT2D eigenvalue weighted by molar-refractivity contribution is 5.57. The summed E-state index contributed by atoms with van der Waals surface area (Å²) in [7, 11) is 1.91. The molecule has 6 nitrogen and oxygen atoms in total. The molecule has 1 aromatic heterocycles. The quantitative estimate of drug-likeness (QED) is 0.583. The number of nitrogens with two attached hydrogens (primary N) is 1. The van der Waals surface area contributed by atoms with Crippen LogP contribution in [0.3, 0.4) is 0 Å². The predicted molar refractivity (Wildman–Crippen MR) is 67.5 cm³/mol. The van der Waals surface area contributed by atoms with Gasteiger partial charge in [-0.2, -0.15) is 5.26 Å². The fraction of sp³-hybridized carbons (Fsp3) is 0.545. The molecule has 3 N–H and O–H groups in total. The highest BCUT2D eigenvalue weighted by atomic mass is 15.3. The highest BCUT2D eigenvalue weighted by Crippen LogP contribution is 2.22. The van der Waals surface area contributed by atoms with Gasteiger partial charge in [0.15, 0.2) is 0 Å². The first-order chi connectivity index (χ1) is 8.13. The van der Waals surface area contributed by atoms with Crippen molar-refractivity contribution in [3.05, 3.63) is 11.4 Å². The molecule has 0 aliphatic rings. The van der Waals surface area contributed by atoms with Crippen molar-refractivity contribution >= 4 is 11.6 Å². The van der Waals surface area contributed by atoms with Gasteiger partial charge in [-0.15, -0.1) is 0 Å². The first-order valence-corrected chi connectivity index (χ1v) is 5.56. The normalized spacial score (nSPS) is 9.82. The van der Waals surface area contributed by atoms with E-state index in [0.29, 0.717) is 18.8 Å². The lowest BCUT2D eigenvalue weighted by atomic mass is 10.2. The maximum atomic E-state index is 8.59. The third-order valence-corrected chi connectivity index (χ3v) is 2.54. The summed E-state index contributed by atoms with van der Waals surface area (Å²) in [6, 6.07) is 2.12. The van der Waals surface area contributed by atoms with E-state index in [1.807, 2.05) is 25.8 Å². The van der Waals surface area contributed by atoms with Crippen molar-refractivity contribution < 1.29 is 0 Å². The Bertz CT molecular complexity index is 423. The van der Waals surface area contributed by atoms with E-state index in [9.17, 15) is 0 Å². The van der Waals surface area contributed by atoms with Crippen molar-refractivity contribution in [1.29, 1.82) is 5.26 Å². The summed E-state index contributed by atoms with van der Waals surface area (Å²) in [5.74, 6) is 7.62. The topological polar surface area (TPSA) is 90.9 Å². The van der Waals surface area contributed by atoms with Gasteiger partial charge in [-0.3, -0.25) is 0 Å². The molecule has 0 fully saturated rings. The molecule has 6 heteroatoms. The Morgan fingerprint density at radius 3 is 2.71 bits per heavy atom. The van der Waals surface area contributed by atoms with Crippen molar-refractivity contribution in [3.8, 4) is 6.07 Å². The van der Waals surface area contributed by atoms with E-state index in [4.69, 9.17) is 11.1 Å². The molecule has 17 heavy (non-hydrogen) atoms. The Morgan fingerprint density at radius 2 is 2.18 bits per heavy atom. The van der Waals surface area contributed by atoms with E-state index < -0.39 is 0 Å². The van der Waals surface area contributed by atoms with Gasteiger partial charge in [-0.25, -0.2) is 15.8 Å². The van der Waals surface area contributed by atoms with Gasteiger partial charge in [0.2, 0.25) is 0 Å². The number of nitrogen functional groups attached to an aromatic ring is 1. The lowest BCUT2D eigenvalue weighted by Crippen LogP contribution is -2.23. The largest absolute Gasteiger partial charge is 0.358 e. The Balaban J connectivity index is 3.08. The van der Waals surface area contributed by atoms with E-state index in [-0.39, 0.29) is 0 Å². The molecule has 0 aromatic carbocycles. The molecule has 1 aromatic rings. The van der Waals surface area contributed by atoms with Crippen molar-refractivity contribution in [1.82, 2.24) is 9.97 Å². The molecule has 0 radical (unpaired) electrons. The van der Waals surface area contributed by atoms with Crippen LogP contribution in [0.25, 0.3) is 0 Å². The minimum Gasteiger partial charge on any atom is -0.358 e. The summed E-state index contributed by atoms with van der Waals surface area (Å²) in [5.41, 5.74) is 3.47. The minimum absolute atomic E-state index is 0.465. The minimum atomic E-state index is 0.465. The molecular weight excluding hydrogens is 216 g/mol.